The fraction of sp³-hybridized carbons (Fsp3) is 0.250. The number of methoxy groups -OCH3 is 1. The van der Waals surface area contributed by atoms with Crippen molar-refractivity contribution in [2.45, 2.75) is 19.5 Å². The molecule has 0 saturated carbocycles. The smallest absolute Gasteiger partial charge is 0.273 e. The lowest BCUT2D eigenvalue weighted by atomic mass is 10.2. The molecule has 0 radical (unpaired) electrons. The first-order chi connectivity index (χ1) is 13.0. The van der Waals surface area contributed by atoms with Crippen molar-refractivity contribution in [3.63, 3.8) is 0 Å². The molecule has 0 spiro atoms. The third-order valence-corrected chi connectivity index (χ3v) is 4.41. The number of hydrogen-bond acceptors (Lipinski definition) is 4. The molecule has 1 N–H and O–H groups in total. The third kappa shape index (κ3) is 4.08. The van der Waals surface area contributed by atoms with Crippen LogP contribution in [0.3, 0.4) is 0 Å². The zero-order valence-corrected chi connectivity index (χ0v) is 15.3. The molecule has 3 rings (SSSR count). The van der Waals surface area contributed by atoms with Crippen LogP contribution in [0.25, 0.3) is 10.8 Å². The standard InChI is InChI=1S/C20H21N3O4/c1-22(13-14-6-5-7-15(12-14)27-2)18(24)10-11-23-20(26)17-9-4-3-8-16(17)19(25)21-23/h3-9,12H,10-11,13H2,1-2H3,(H,21,25). The second-order valence-corrected chi connectivity index (χ2v) is 6.29. The molecule has 0 bridgehead atoms. The number of hydrogen-bond donors (Lipinski definition) is 1. The number of ether oxygens (including phenoxy) is 1. The first kappa shape index (κ1) is 18.4. The molecule has 1 aromatic heterocycles. The van der Waals surface area contributed by atoms with E-state index in [-0.39, 0.29) is 30.0 Å². The van der Waals surface area contributed by atoms with Gasteiger partial charge in [-0.05, 0) is 29.8 Å². The number of fused-ring (bicyclic) bond motifs is 1. The van der Waals surface area contributed by atoms with Crippen LogP contribution in [0.2, 0.25) is 0 Å². The summed E-state index contributed by atoms with van der Waals surface area (Å²) in [5.74, 6) is 0.604. The van der Waals surface area contributed by atoms with Crippen LogP contribution in [-0.4, -0.2) is 34.7 Å². The molecule has 7 heteroatoms. The number of nitrogens with one attached hydrogen (secondary N) is 1. The molecule has 0 atom stereocenters. The van der Waals surface area contributed by atoms with Crippen LogP contribution in [0.15, 0.2) is 58.1 Å². The molecule has 27 heavy (non-hydrogen) atoms. The SMILES string of the molecule is COc1cccc(CN(C)C(=O)CCn2[nH]c(=O)c3ccccc3c2=O)c1. The van der Waals surface area contributed by atoms with Gasteiger partial charge in [0.05, 0.1) is 24.4 Å². The Bertz CT molecular complexity index is 1080. The van der Waals surface area contributed by atoms with E-state index < -0.39 is 0 Å². The van der Waals surface area contributed by atoms with Gasteiger partial charge in [0.1, 0.15) is 5.75 Å². The molecule has 1 amide bonds. The summed E-state index contributed by atoms with van der Waals surface area (Å²) >= 11 is 0. The Morgan fingerprint density at radius 1 is 1.11 bits per heavy atom. The van der Waals surface area contributed by atoms with Gasteiger partial charge in [0, 0.05) is 20.0 Å². The number of benzene rings is 2. The van der Waals surface area contributed by atoms with Crippen LogP contribution in [0.1, 0.15) is 12.0 Å². The summed E-state index contributed by atoms with van der Waals surface area (Å²) < 4.78 is 6.38. The van der Waals surface area contributed by atoms with E-state index in [1.54, 1.807) is 43.3 Å². The number of aromatic nitrogens is 2. The maximum Gasteiger partial charge on any atom is 0.273 e. The zero-order chi connectivity index (χ0) is 19.4. The third-order valence-electron chi connectivity index (χ3n) is 4.41. The van der Waals surface area contributed by atoms with E-state index in [1.807, 2.05) is 24.3 Å². The number of aryl methyl sites for hydroxylation is 1. The molecule has 7 nitrogen and oxygen atoms in total. The van der Waals surface area contributed by atoms with E-state index in [0.29, 0.717) is 17.3 Å². The normalized spacial score (nSPS) is 10.7. The maximum atomic E-state index is 12.5. The number of carbonyl (C=O) groups is 1. The summed E-state index contributed by atoms with van der Waals surface area (Å²) in [5.41, 5.74) is 0.289. The Balaban J connectivity index is 1.70. The topological polar surface area (TPSA) is 84.4 Å². The highest BCUT2D eigenvalue weighted by Crippen LogP contribution is 2.14. The predicted octanol–water partition coefficient (Wildman–Crippen LogP) is 1.75. The van der Waals surface area contributed by atoms with Crippen LogP contribution in [-0.2, 0) is 17.9 Å². The minimum Gasteiger partial charge on any atom is -0.497 e. The predicted molar refractivity (Wildman–Crippen MR) is 103 cm³/mol. The zero-order valence-electron chi connectivity index (χ0n) is 15.3. The molecule has 2 aromatic carbocycles. The number of H-pyrrole nitrogens is 1. The molecule has 0 saturated heterocycles. The monoisotopic (exact) mass is 367 g/mol. The van der Waals surface area contributed by atoms with Crippen LogP contribution in [0, 0.1) is 0 Å². The number of aromatic amines is 1. The van der Waals surface area contributed by atoms with Gasteiger partial charge in [-0.25, -0.2) is 4.68 Å². The minimum absolute atomic E-state index is 0.106. The average molecular weight is 367 g/mol. The van der Waals surface area contributed by atoms with Gasteiger partial charge < -0.3 is 9.64 Å². The summed E-state index contributed by atoms with van der Waals surface area (Å²) in [5, 5.41) is 3.23. The molecule has 0 fully saturated rings. The Hall–Kier alpha value is -3.35. The van der Waals surface area contributed by atoms with Gasteiger partial charge in [0.25, 0.3) is 11.1 Å². The molecule has 0 unspecified atom stereocenters. The van der Waals surface area contributed by atoms with Gasteiger partial charge in [-0.2, -0.15) is 0 Å². The van der Waals surface area contributed by atoms with E-state index in [4.69, 9.17) is 4.74 Å². The first-order valence-electron chi connectivity index (χ1n) is 8.58. The van der Waals surface area contributed by atoms with Crippen molar-refractivity contribution in [1.82, 2.24) is 14.7 Å². The van der Waals surface area contributed by atoms with Crippen molar-refractivity contribution in [2.24, 2.45) is 0 Å². The van der Waals surface area contributed by atoms with E-state index in [1.165, 1.54) is 4.68 Å². The maximum absolute atomic E-state index is 12.5. The Kier molecular flexibility index (Phi) is 5.40. The van der Waals surface area contributed by atoms with E-state index in [9.17, 15) is 14.4 Å². The molecule has 0 aliphatic carbocycles. The average Bonchev–Trinajstić information content (AvgIpc) is 2.69. The lowest BCUT2D eigenvalue weighted by Gasteiger charge is -2.18. The van der Waals surface area contributed by atoms with Crippen molar-refractivity contribution in [1.29, 1.82) is 0 Å². The first-order valence-corrected chi connectivity index (χ1v) is 8.58. The van der Waals surface area contributed by atoms with Gasteiger partial charge in [0.15, 0.2) is 0 Å². The van der Waals surface area contributed by atoms with E-state index in [2.05, 4.69) is 5.10 Å². The van der Waals surface area contributed by atoms with Crippen LogP contribution in [0.4, 0.5) is 0 Å². The largest absolute Gasteiger partial charge is 0.497 e. The molecule has 0 aliphatic rings. The number of amides is 1. The molecule has 1 heterocycles. The molecule has 0 aliphatic heterocycles. The van der Waals surface area contributed by atoms with Gasteiger partial charge in [0.2, 0.25) is 5.91 Å². The Morgan fingerprint density at radius 2 is 1.85 bits per heavy atom. The fourth-order valence-corrected chi connectivity index (χ4v) is 2.94. The second kappa shape index (κ2) is 7.90. The van der Waals surface area contributed by atoms with E-state index in [0.717, 1.165) is 11.3 Å². The van der Waals surface area contributed by atoms with Gasteiger partial charge >= 0.3 is 0 Å². The minimum atomic E-state index is -0.345. The number of carbonyl (C=O) groups excluding carboxylic acids is 1. The highest BCUT2D eigenvalue weighted by atomic mass is 16.5. The lowest BCUT2D eigenvalue weighted by Crippen LogP contribution is -2.33. The summed E-state index contributed by atoms with van der Waals surface area (Å²) in [4.78, 5) is 38.6. The number of rotatable bonds is 6. The highest BCUT2D eigenvalue weighted by molar-refractivity contribution is 5.80. The highest BCUT2D eigenvalue weighted by Gasteiger charge is 2.12. The van der Waals surface area contributed by atoms with Gasteiger partial charge in [-0.1, -0.05) is 24.3 Å². The van der Waals surface area contributed by atoms with Crippen molar-refractivity contribution in [2.75, 3.05) is 14.2 Å². The van der Waals surface area contributed by atoms with Crippen LogP contribution in [0.5, 0.6) is 5.75 Å². The summed E-state index contributed by atoms with van der Waals surface area (Å²) in [7, 11) is 3.30. The number of nitrogens with zero attached hydrogens (tertiary/aromatic N) is 2. The quantitative estimate of drug-likeness (QED) is 0.719. The van der Waals surface area contributed by atoms with Gasteiger partial charge in [-0.3, -0.25) is 19.5 Å². The van der Waals surface area contributed by atoms with Crippen molar-refractivity contribution >= 4 is 16.7 Å². The van der Waals surface area contributed by atoms with Crippen LogP contribution >= 0.6 is 0 Å². The Labute approximate surface area is 155 Å². The molecular formula is C20H21N3O4. The summed E-state index contributed by atoms with van der Waals surface area (Å²) in [6, 6.07) is 14.1. The molecule has 140 valence electrons. The molecule has 3 aromatic rings. The summed E-state index contributed by atoms with van der Waals surface area (Å²) in [6.45, 7) is 0.541. The lowest BCUT2D eigenvalue weighted by molar-refractivity contribution is -0.130. The van der Waals surface area contributed by atoms with Crippen molar-refractivity contribution in [3.8, 4) is 5.75 Å². The van der Waals surface area contributed by atoms with Crippen LogP contribution < -0.4 is 15.9 Å². The molecular weight excluding hydrogens is 346 g/mol. The fourth-order valence-electron chi connectivity index (χ4n) is 2.94. The Morgan fingerprint density at radius 3 is 2.59 bits per heavy atom. The van der Waals surface area contributed by atoms with Crippen molar-refractivity contribution < 1.29 is 9.53 Å². The van der Waals surface area contributed by atoms with E-state index >= 15 is 0 Å². The summed E-state index contributed by atoms with van der Waals surface area (Å²) in [6.07, 6.45) is 0.106. The second-order valence-electron chi connectivity index (χ2n) is 6.29. The van der Waals surface area contributed by atoms with Gasteiger partial charge in [-0.15, -0.1) is 0 Å². The van der Waals surface area contributed by atoms with Crippen molar-refractivity contribution in [3.05, 3.63) is 74.8 Å².